The Balaban J connectivity index is 2.03. The molecule has 1 aliphatic heterocycles. The topological polar surface area (TPSA) is 94.7 Å². The molecule has 10 heteroatoms. The Morgan fingerprint density at radius 2 is 1.88 bits per heavy atom. The summed E-state index contributed by atoms with van der Waals surface area (Å²) in [7, 11) is 1.36. The Labute approximate surface area is 134 Å². The first-order valence-electron chi connectivity index (χ1n) is 6.81. The van der Waals surface area contributed by atoms with Gasteiger partial charge < -0.3 is 5.11 Å². The molecule has 0 saturated carbocycles. The predicted molar refractivity (Wildman–Crippen MR) is 76.5 cm³/mol. The summed E-state index contributed by atoms with van der Waals surface area (Å²) in [5.41, 5.74) is -2.55. The maximum absolute atomic E-state index is 12.9. The minimum Gasteiger partial charge on any atom is -0.481 e. The van der Waals surface area contributed by atoms with E-state index in [9.17, 15) is 22.8 Å². The lowest BCUT2D eigenvalue weighted by atomic mass is 10.0. The highest BCUT2D eigenvalue weighted by Crippen LogP contribution is 2.52. The fourth-order valence-electron chi connectivity index (χ4n) is 1.90. The van der Waals surface area contributed by atoms with Gasteiger partial charge in [0.1, 0.15) is 0 Å². The van der Waals surface area contributed by atoms with E-state index in [4.69, 9.17) is 5.11 Å². The van der Waals surface area contributed by atoms with Gasteiger partial charge in [0.2, 0.25) is 0 Å². The average Bonchev–Trinajstić information content (AvgIpc) is 3.32. The van der Waals surface area contributed by atoms with Crippen LogP contribution in [0.3, 0.4) is 0 Å². The van der Waals surface area contributed by atoms with Crippen LogP contribution >= 0.6 is 0 Å². The van der Waals surface area contributed by atoms with E-state index < -0.39 is 23.7 Å². The molecule has 1 heterocycles. The monoisotopic (exact) mass is 342 g/mol. The molecule has 1 aromatic carbocycles. The number of carbonyl (C=O) groups excluding carboxylic acids is 1. The Hall–Kier alpha value is -2.78. The molecule has 0 radical (unpaired) electrons. The molecular formula is C14H13F3N4O3. The second-order valence-corrected chi connectivity index (χ2v) is 5.01. The van der Waals surface area contributed by atoms with E-state index in [-0.39, 0.29) is 24.0 Å². The number of nitrogens with zero attached hydrogens (tertiary/aromatic N) is 4. The molecule has 0 spiro atoms. The van der Waals surface area contributed by atoms with E-state index >= 15 is 0 Å². The highest BCUT2D eigenvalue weighted by Gasteiger charge is 2.65. The number of hydrazone groups is 1. The van der Waals surface area contributed by atoms with Crippen LogP contribution in [-0.4, -0.2) is 41.4 Å². The third-order valence-corrected chi connectivity index (χ3v) is 3.27. The fraction of sp³-hybridized carbons (Fsp3) is 0.357. The molecule has 1 aliphatic rings. The van der Waals surface area contributed by atoms with Crippen LogP contribution in [0.5, 0.6) is 0 Å². The van der Waals surface area contributed by atoms with Crippen LogP contribution in [0.2, 0.25) is 0 Å². The predicted octanol–water partition coefficient (Wildman–Crippen LogP) is 2.79. The fourth-order valence-corrected chi connectivity index (χ4v) is 1.90. The lowest BCUT2D eigenvalue weighted by molar-refractivity contribution is -0.166. The molecule has 0 fully saturated rings. The number of amides is 1. The Bertz CT molecular complexity index is 692. The quantitative estimate of drug-likeness (QED) is 0.636. The Morgan fingerprint density at radius 3 is 2.33 bits per heavy atom. The number of hydrogen-bond donors (Lipinski definition) is 1. The first-order chi connectivity index (χ1) is 11.2. The standard InChI is InChI=1S/C14H13F3N4O3/c1-21(18-8-2-3-11(22)23)12(24)9-4-6-10(7-5-9)13(19-20-13)14(15,16)17/h4-8H,2-3H2,1H3,(H,22,23)/b18-8+. The van der Waals surface area contributed by atoms with E-state index in [0.717, 1.165) is 17.1 Å². The smallest absolute Gasteiger partial charge is 0.442 e. The molecule has 0 bridgehead atoms. The van der Waals surface area contributed by atoms with Crippen LogP contribution in [-0.2, 0) is 10.5 Å². The van der Waals surface area contributed by atoms with Crippen LogP contribution in [0.15, 0.2) is 39.6 Å². The van der Waals surface area contributed by atoms with Crippen molar-refractivity contribution in [3.8, 4) is 0 Å². The maximum atomic E-state index is 12.9. The van der Waals surface area contributed by atoms with Gasteiger partial charge in [-0.25, -0.2) is 5.01 Å². The molecule has 1 amide bonds. The van der Waals surface area contributed by atoms with E-state index in [0.29, 0.717) is 0 Å². The lowest BCUT2D eigenvalue weighted by Crippen LogP contribution is -2.30. The Kier molecular flexibility index (Phi) is 4.67. The number of carbonyl (C=O) groups is 2. The lowest BCUT2D eigenvalue weighted by Gasteiger charge is -2.15. The molecule has 0 unspecified atom stereocenters. The number of rotatable bonds is 6. The maximum Gasteiger partial charge on any atom is 0.442 e. The van der Waals surface area contributed by atoms with Gasteiger partial charge in [-0.1, -0.05) is 12.1 Å². The van der Waals surface area contributed by atoms with Crippen LogP contribution in [0.25, 0.3) is 0 Å². The molecular weight excluding hydrogens is 329 g/mol. The molecule has 24 heavy (non-hydrogen) atoms. The Morgan fingerprint density at radius 1 is 1.29 bits per heavy atom. The summed E-state index contributed by atoms with van der Waals surface area (Å²) in [4.78, 5) is 22.4. The molecule has 2 rings (SSSR count). The highest BCUT2D eigenvalue weighted by molar-refractivity contribution is 5.94. The van der Waals surface area contributed by atoms with Crippen molar-refractivity contribution in [2.45, 2.75) is 24.7 Å². The van der Waals surface area contributed by atoms with Gasteiger partial charge in [0.15, 0.2) is 0 Å². The normalized spacial score (nSPS) is 15.5. The number of carboxylic acids is 1. The van der Waals surface area contributed by atoms with Gasteiger partial charge in [0.05, 0.1) is 6.42 Å². The molecule has 1 aromatic rings. The second kappa shape index (κ2) is 6.38. The van der Waals surface area contributed by atoms with Gasteiger partial charge >= 0.3 is 17.8 Å². The van der Waals surface area contributed by atoms with Crippen molar-refractivity contribution in [3.63, 3.8) is 0 Å². The zero-order valence-corrected chi connectivity index (χ0v) is 12.5. The van der Waals surface area contributed by atoms with Crippen molar-refractivity contribution in [1.82, 2.24) is 5.01 Å². The number of alkyl halides is 3. The van der Waals surface area contributed by atoms with Gasteiger partial charge in [-0.2, -0.15) is 18.3 Å². The minimum atomic E-state index is -4.62. The summed E-state index contributed by atoms with van der Waals surface area (Å²) in [6.07, 6.45) is -3.31. The number of benzene rings is 1. The number of aliphatic carboxylic acids is 1. The van der Waals surface area contributed by atoms with Gasteiger partial charge in [0, 0.05) is 24.4 Å². The van der Waals surface area contributed by atoms with Crippen molar-refractivity contribution >= 4 is 18.1 Å². The van der Waals surface area contributed by atoms with E-state index in [1.807, 2.05) is 0 Å². The number of carboxylic acid groups (broad SMARTS) is 1. The molecule has 0 aromatic heterocycles. The second-order valence-electron chi connectivity index (χ2n) is 5.01. The average molecular weight is 342 g/mol. The van der Waals surface area contributed by atoms with Crippen LogP contribution in [0.4, 0.5) is 13.2 Å². The van der Waals surface area contributed by atoms with Crippen molar-refractivity contribution in [3.05, 3.63) is 35.4 Å². The molecule has 128 valence electrons. The molecule has 0 saturated heterocycles. The van der Waals surface area contributed by atoms with Gasteiger partial charge in [-0.3, -0.25) is 9.59 Å². The van der Waals surface area contributed by atoms with Crippen LogP contribution < -0.4 is 0 Å². The molecule has 0 aliphatic carbocycles. The van der Waals surface area contributed by atoms with Crippen LogP contribution in [0, 0.1) is 0 Å². The zero-order valence-electron chi connectivity index (χ0n) is 12.5. The van der Waals surface area contributed by atoms with Crippen molar-refractivity contribution in [2.24, 2.45) is 15.3 Å². The third kappa shape index (κ3) is 3.58. The van der Waals surface area contributed by atoms with Crippen molar-refractivity contribution in [1.29, 1.82) is 0 Å². The van der Waals surface area contributed by atoms with Gasteiger partial charge in [-0.05, 0) is 18.6 Å². The van der Waals surface area contributed by atoms with Gasteiger partial charge in [-0.15, -0.1) is 10.2 Å². The number of hydrogen-bond acceptors (Lipinski definition) is 5. The summed E-state index contributed by atoms with van der Waals surface area (Å²) in [5.74, 6) is -1.53. The molecule has 1 N–H and O–H groups in total. The van der Waals surface area contributed by atoms with E-state index in [1.165, 1.54) is 25.4 Å². The number of halogens is 3. The van der Waals surface area contributed by atoms with Crippen molar-refractivity contribution < 1.29 is 27.9 Å². The highest BCUT2D eigenvalue weighted by atomic mass is 19.4. The minimum absolute atomic E-state index is 0.118. The summed E-state index contributed by atoms with van der Waals surface area (Å²) >= 11 is 0. The molecule has 7 nitrogen and oxygen atoms in total. The summed E-state index contributed by atoms with van der Waals surface area (Å²) in [6.45, 7) is 0. The third-order valence-electron chi connectivity index (χ3n) is 3.27. The van der Waals surface area contributed by atoms with E-state index in [2.05, 4.69) is 15.3 Å². The zero-order chi connectivity index (χ0) is 18.0. The van der Waals surface area contributed by atoms with Gasteiger partial charge in [0.25, 0.3) is 5.91 Å². The van der Waals surface area contributed by atoms with Crippen molar-refractivity contribution in [2.75, 3.05) is 7.05 Å². The summed E-state index contributed by atoms with van der Waals surface area (Å²) in [5, 5.41) is 19.4. The SMILES string of the molecule is CN(/N=C/CCC(=O)O)C(=O)c1ccc(C2(C(F)(F)F)N=N2)cc1. The summed E-state index contributed by atoms with van der Waals surface area (Å²) in [6, 6.07) is 4.75. The largest absolute Gasteiger partial charge is 0.481 e. The van der Waals surface area contributed by atoms with Crippen LogP contribution in [0.1, 0.15) is 28.8 Å². The van der Waals surface area contributed by atoms with E-state index in [1.54, 1.807) is 0 Å². The first kappa shape index (κ1) is 17.6. The first-order valence-corrected chi connectivity index (χ1v) is 6.81. The summed E-state index contributed by atoms with van der Waals surface area (Å²) < 4.78 is 38.6. The molecule has 0 atom stereocenters.